The van der Waals surface area contributed by atoms with Crippen molar-refractivity contribution < 1.29 is 14.4 Å². The molecule has 0 aliphatic heterocycles. The first-order valence-electron chi connectivity index (χ1n) is 7.64. The van der Waals surface area contributed by atoms with E-state index in [0.717, 1.165) is 12.8 Å². The van der Waals surface area contributed by atoms with E-state index in [4.69, 9.17) is 9.47 Å². The highest BCUT2D eigenvalue weighted by Crippen LogP contribution is 2.31. The molecule has 5 nitrogen and oxygen atoms in total. The number of hydrogen-bond donors (Lipinski definition) is 0. The highest BCUT2D eigenvalue weighted by molar-refractivity contribution is 5.48. The van der Waals surface area contributed by atoms with Gasteiger partial charge >= 0.3 is 0 Å². The van der Waals surface area contributed by atoms with Crippen molar-refractivity contribution >= 4 is 5.69 Å². The van der Waals surface area contributed by atoms with Crippen LogP contribution in [0.5, 0.6) is 11.5 Å². The smallest absolute Gasteiger partial charge is 0.273 e. The van der Waals surface area contributed by atoms with Gasteiger partial charge in [-0.15, -0.1) is 0 Å². The molecule has 1 aromatic carbocycles. The highest BCUT2D eigenvalue weighted by Gasteiger charge is 2.11. The van der Waals surface area contributed by atoms with Gasteiger partial charge in [-0.2, -0.15) is 0 Å². The van der Waals surface area contributed by atoms with Crippen LogP contribution in [0, 0.1) is 10.1 Å². The predicted molar refractivity (Wildman–Crippen MR) is 83.1 cm³/mol. The van der Waals surface area contributed by atoms with Crippen molar-refractivity contribution in [2.24, 2.45) is 0 Å². The fraction of sp³-hybridized carbons (Fsp3) is 0.625. The first-order valence-corrected chi connectivity index (χ1v) is 7.64. The Kier molecular flexibility index (Phi) is 8.24. The minimum atomic E-state index is -0.442. The molecule has 0 aliphatic carbocycles. The zero-order valence-corrected chi connectivity index (χ0v) is 13.0. The van der Waals surface area contributed by atoms with Crippen LogP contribution in [0.15, 0.2) is 18.2 Å². The summed E-state index contributed by atoms with van der Waals surface area (Å²) < 4.78 is 10.8. The maximum Gasteiger partial charge on any atom is 0.273 e. The summed E-state index contributed by atoms with van der Waals surface area (Å²) in [6.07, 6.45) is 8.56. The normalized spacial score (nSPS) is 10.4. The van der Waals surface area contributed by atoms with E-state index >= 15 is 0 Å². The fourth-order valence-electron chi connectivity index (χ4n) is 2.13. The average Bonchev–Trinajstić information content (AvgIpc) is 2.49. The Hall–Kier alpha value is -1.78. The Bertz CT molecular complexity index is 434. The molecule has 0 saturated heterocycles. The van der Waals surface area contributed by atoms with Crippen molar-refractivity contribution in [3.8, 4) is 11.5 Å². The lowest BCUT2D eigenvalue weighted by molar-refractivity contribution is -0.384. The van der Waals surface area contributed by atoms with Crippen LogP contribution >= 0.6 is 0 Å². The van der Waals surface area contributed by atoms with Crippen molar-refractivity contribution in [3.05, 3.63) is 28.3 Å². The van der Waals surface area contributed by atoms with Gasteiger partial charge in [-0.1, -0.05) is 45.4 Å². The molecule has 1 rings (SSSR count). The van der Waals surface area contributed by atoms with Crippen molar-refractivity contribution in [2.45, 2.75) is 51.9 Å². The summed E-state index contributed by atoms with van der Waals surface area (Å²) in [4.78, 5) is 10.3. The number of unbranched alkanes of at least 4 members (excludes halogenated alkanes) is 6. The van der Waals surface area contributed by atoms with E-state index in [2.05, 4.69) is 6.92 Å². The van der Waals surface area contributed by atoms with E-state index in [0.29, 0.717) is 18.1 Å². The highest BCUT2D eigenvalue weighted by atomic mass is 16.6. The SMILES string of the molecule is CCCCCCCCCOc1ccc([N+](=O)[O-])cc1OC. The third-order valence-electron chi connectivity index (χ3n) is 3.36. The molecule has 0 aliphatic rings. The third kappa shape index (κ3) is 6.47. The lowest BCUT2D eigenvalue weighted by Crippen LogP contribution is -2.00. The van der Waals surface area contributed by atoms with Crippen LogP contribution in [0.25, 0.3) is 0 Å². The number of nitrogens with zero attached hydrogens (tertiary/aromatic N) is 1. The van der Waals surface area contributed by atoms with Crippen molar-refractivity contribution in [1.82, 2.24) is 0 Å². The number of hydrogen-bond acceptors (Lipinski definition) is 4. The maximum absolute atomic E-state index is 10.7. The topological polar surface area (TPSA) is 61.6 Å². The Morgan fingerprint density at radius 1 is 1.05 bits per heavy atom. The molecule has 0 fully saturated rings. The van der Waals surface area contributed by atoms with E-state index in [-0.39, 0.29) is 5.69 Å². The zero-order chi connectivity index (χ0) is 15.5. The summed E-state index contributed by atoms with van der Waals surface area (Å²) >= 11 is 0. The molecule has 0 radical (unpaired) electrons. The predicted octanol–water partition coefficient (Wildman–Crippen LogP) is 4.73. The number of nitro benzene ring substituents is 1. The van der Waals surface area contributed by atoms with E-state index in [1.807, 2.05) is 0 Å². The first kappa shape index (κ1) is 17.3. The third-order valence-corrected chi connectivity index (χ3v) is 3.36. The molecule has 0 bridgehead atoms. The number of rotatable bonds is 11. The molecule has 21 heavy (non-hydrogen) atoms. The van der Waals surface area contributed by atoms with E-state index < -0.39 is 4.92 Å². The molecule has 0 aromatic heterocycles. The number of benzene rings is 1. The largest absolute Gasteiger partial charge is 0.493 e. The molecule has 0 heterocycles. The van der Waals surface area contributed by atoms with Gasteiger partial charge in [-0.3, -0.25) is 10.1 Å². The molecular formula is C16H25NO4. The van der Waals surface area contributed by atoms with Crippen LogP contribution in [0.1, 0.15) is 51.9 Å². The van der Waals surface area contributed by atoms with E-state index in [1.54, 1.807) is 6.07 Å². The van der Waals surface area contributed by atoms with Crippen LogP contribution < -0.4 is 9.47 Å². The molecule has 0 N–H and O–H groups in total. The Morgan fingerprint density at radius 3 is 2.33 bits per heavy atom. The minimum absolute atomic E-state index is 0.00937. The maximum atomic E-state index is 10.7. The Balaban J connectivity index is 2.30. The lowest BCUT2D eigenvalue weighted by atomic mass is 10.1. The van der Waals surface area contributed by atoms with Gasteiger partial charge in [0, 0.05) is 6.07 Å². The molecule has 0 unspecified atom stereocenters. The summed E-state index contributed by atoms with van der Waals surface area (Å²) in [5.41, 5.74) is 0.00937. The summed E-state index contributed by atoms with van der Waals surface area (Å²) in [6, 6.07) is 4.42. The van der Waals surface area contributed by atoms with Gasteiger partial charge in [-0.25, -0.2) is 0 Å². The van der Waals surface area contributed by atoms with E-state index in [1.165, 1.54) is 51.3 Å². The second kappa shape index (κ2) is 10.0. The summed E-state index contributed by atoms with van der Waals surface area (Å²) in [5.74, 6) is 0.973. The summed E-state index contributed by atoms with van der Waals surface area (Å²) in [6.45, 7) is 2.83. The minimum Gasteiger partial charge on any atom is -0.493 e. The van der Waals surface area contributed by atoms with Crippen LogP contribution in [-0.4, -0.2) is 18.6 Å². The van der Waals surface area contributed by atoms with Crippen LogP contribution in [0.2, 0.25) is 0 Å². The molecule has 5 heteroatoms. The van der Waals surface area contributed by atoms with Crippen molar-refractivity contribution in [3.63, 3.8) is 0 Å². The fourth-order valence-corrected chi connectivity index (χ4v) is 2.13. The second-order valence-electron chi connectivity index (χ2n) is 5.06. The van der Waals surface area contributed by atoms with Gasteiger partial charge in [0.1, 0.15) is 0 Å². The van der Waals surface area contributed by atoms with Gasteiger partial charge in [0.15, 0.2) is 11.5 Å². The van der Waals surface area contributed by atoms with Gasteiger partial charge in [0.2, 0.25) is 0 Å². The summed E-state index contributed by atoms with van der Waals surface area (Å²) in [5, 5.41) is 10.7. The molecule has 0 spiro atoms. The molecular weight excluding hydrogens is 270 g/mol. The van der Waals surface area contributed by atoms with Crippen molar-refractivity contribution in [2.75, 3.05) is 13.7 Å². The standard InChI is InChI=1S/C16H25NO4/c1-3-4-5-6-7-8-9-12-21-15-11-10-14(17(18)19)13-16(15)20-2/h10-11,13H,3-9,12H2,1-2H3. The Morgan fingerprint density at radius 2 is 1.71 bits per heavy atom. The van der Waals surface area contributed by atoms with Crippen LogP contribution in [-0.2, 0) is 0 Å². The zero-order valence-electron chi connectivity index (χ0n) is 13.0. The van der Waals surface area contributed by atoms with Gasteiger partial charge in [-0.05, 0) is 12.5 Å². The lowest BCUT2D eigenvalue weighted by Gasteiger charge is -2.10. The number of nitro groups is 1. The molecule has 118 valence electrons. The first-order chi connectivity index (χ1) is 10.2. The number of ether oxygens (including phenoxy) is 2. The average molecular weight is 295 g/mol. The molecule has 0 atom stereocenters. The number of non-ortho nitro benzene ring substituents is 1. The van der Waals surface area contributed by atoms with Gasteiger partial charge in [0.05, 0.1) is 24.7 Å². The monoisotopic (exact) mass is 295 g/mol. The van der Waals surface area contributed by atoms with Crippen LogP contribution in [0.3, 0.4) is 0 Å². The van der Waals surface area contributed by atoms with Gasteiger partial charge < -0.3 is 9.47 Å². The number of methoxy groups -OCH3 is 1. The molecule has 0 saturated carbocycles. The molecule has 1 aromatic rings. The quantitative estimate of drug-likeness (QED) is 0.336. The molecule has 0 amide bonds. The van der Waals surface area contributed by atoms with Crippen molar-refractivity contribution in [1.29, 1.82) is 0 Å². The van der Waals surface area contributed by atoms with Gasteiger partial charge in [0.25, 0.3) is 5.69 Å². The Labute approximate surface area is 126 Å². The van der Waals surface area contributed by atoms with Crippen LogP contribution in [0.4, 0.5) is 5.69 Å². The second-order valence-corrected chi connectivity index (χ2v) is 5.06. The summed E-state index contributed by atoms with van der Waals surface area (Å²) in [7, 11) is 1.49. The van der Waals surface area contributed by atoms with E-state index in [9.17, 15) is 10.1 Å².